The zero-order valence-corrected chi connectivity index (χ0v) is 39.1. The molecule has 1 N–H and O–H groups in total. The number of sulfonamides is 1. The van der Waals surface area contributed by atoms with Crippen LogP contribution in [0.4, 0.5) is 8.78 Å². The minimum Gasteiger partial charge on any atom is -0.497 e. The minimum absolute atomic E-state index is 0.0201. The van der Waals surface area contributed by atoms with Crippen molar-refractivity contribution >= 4 is 44.4 Å². The zero-order valence-electron chi connectivity index (χ0n) is 38.3. The van der Waals surface area contributed by atoms with E-state index in [1.807, 2.05) is 50.3 Å². The lowest BCUT2D eigenvalue weighted by molar-refractivity contribution is -0.197. The first-order valence-electron chi connectivity index (χ1n) is 22.9. The second-order valence-corrected chi connectivity index (χ2v) is 21.5. The first-order valence-corrected chi connectivity index (χ1v) is 24.4. The third kappa shape index (κ3) is 9.86. The van der Waals surface area contributed by atoms with Gasteiger partial charge in [0, 0.05) is 30.7 Å². The van der Waals surface area contributed by atoms with Gasteiger partial charge in [-0.15, -0.1) is 0 Å². The van der Waals surface area contributed by atoms with Crippen molar-refractivity contribution in [1.82, 2.24) is 14.6 Å². The van der Waals surface area contributed by atoms with E-state index in [0.29, 0.717) is 86.1 Å². The van der Waals surface area contributed by atoms with Crippen LogP contribution in [0.15, 0.2) is 54.6 Å². The molecule has 3 aliphatic heterocycles. The van der Waals surface area contributed by atoms with Crippen LogP contribution in [0.1, 0.15) is 92.4 Å². The number of methoxy groups -OCH3 is 1. The number of Topliss-reactive ketones (excluding diaryl/α,β-unsaturated/α-hetero) is 1. The number of halogens is 2. The average molecular weight is 936 g/mol. The van der Waals surface area contributed by atoms with Crippen molar-refractivity contribution in [3.8, 4) is 34.4 Å². The Kier molecular flexibility index (Phi) is 12.9. The number of carbonyl (C=O) groups is 4. The number of amides is 2. The quantitative estimate of drug-likeness (QED) is 0.147. The van der Waals surface area contributed by atoms with E-state index >= 15 is 4.79 Å². The van der Waals surface area contributed by atoms with Gasteiger partial charge in [-0.1, -0.05) is 26.0 Å². The van der Waals surface area contributed by atoms with E-state index in [4.69, 9.17) is 28.7 Å². The molecule has 7 atom stereocenters. The van der Waals surface area contributed by atoms with Crippen LogP contribution in [0, 0.1) is 29.1 Å². The number of fused-ring (bicyclic) bond motifs is 4. The van der Waals surface area contributed by atoms with Crippen LogP contribution in [-0.2, 0) is 33.9 Å². The third-order valence-electron chi connectivity index (χ3n) is 14.1. The molecular formula is C49H59F2N3O11S. The Morgan fingerprint density at radius 1 is 0.985 bits per heavy atom. The summed E-state index contributed by atoms with van der Waals surface area (Å²) in [4.78, 5) is 64.1. The van der Waals surface area contributed by atoms with Gasteiger partial charge in [0.05, 0.1) is 48.4 Å². The van der Waals surface area contributed by atoms with Crippen molar-refractivity contribution in [2.75, 3.05) is 26.9 Å². The molecule has 0 spiro atoms. The number of rotatable bonds is 11. The molecule has 5 aliphatic rings. The number of ether oxygens (including phenoxy) is 5. The second-order valence-electron chi connectivity index (χ2n) is 19.5. The van der Waals surface area contributed by atoms with E-state index in [1.165, 1.54) is 4.90 Å². The lowest BCUT2D eigenvalue weighted by Gasteiger charge is -2.34. The monoisotopic (exact) mass is 935 g/mol. The Bertz CT molecular complexity index is 2540. The molecule has 66 heavy (non-hydrogen) atoms. The molecule has 2 aromatic carbocycles. The molecule has 3 fully saturated rings. The smallest absolute Gasteiger partial charge is 0.307 e. The standard InChI is InChI=1S/C49H59F2N3O11S/c1-28-9-7-8-10-32-25-49(32,46(58)53-66(59,60)35-13-14-35)26-40(55)39-23-34(27-54(39)45(57)37(29(2)19-28)24-43(56)65-47(3,4)48(5,50)51)64-44-36-15-12-33(61-6)20-31(36)21-38(52-44)30-11-16-41-42(22-30)63-18-17-62-41/h8,10-12,15-16,20-22,28-29,32,34-35,37,39H,7,9,13-14,17-19,23-27H2,1-6H3,(H,53,58)/b10-8-/t28-,29+,32+,34?,37-,39-,49+/m0/s1. The predicted octanol–water partition coefficient (Wildman–Crippen LogP) is 7.60. The van der Waals surface area contributed by atoms with Crippen LogP contribution < -0.4 is 23.7 Å². The number of nitrogens with zero attached hydrogens (tertiary/aromatic N) is 2. The molecule has 2 saturated carbocycles. The molecule has 1 saturated heterocycles. The maximum absolute atomic E-state index is 15.2. The van der Waals surface area contributed by atoms with Crippen molar-refractivity contribution in [2.24, 2.45) is 29.1 Å². The highest BCUT2D eigenvalue weighted by Crippen LogP contribution is 2.57. The molecule has 0 radical (unpaired) electrons. The van der Waals surface area contributed by atoms with Gasteiger partial charge in [0.1, 0.15) is 25.1 Å². The van der Waals surface area contributed by atoms with Crippen LogP contribution in [0.3, 0.4) is 0 Å². The second kappa shape index (κ2) is 18.1. The fourth-order valence-corrected chi connectivity index (χ4v) is 10.9. The SMILES string of the molecule is COc1ccc2c(OC3C[C@H]4C(=O)C[C@]5(C(=O)NS(=O)(=O)C6CC6)C[C@H]5/C=C\CC[C@H](C)C[C@@H](C)[C@H](CC(=O)OC(C)(C)C(C)(F)F)C(=O)N4C3)nc(-c3ccc4c(c3)OCCO4)cc2c1. The van der Waals surface area contributed by atoms with Gasteiger partial charge >= 0.3 is 5.97 Å². The number of aromatic nitrogens is 1. The summed E-state index contributed by atoms with van der Waals surface area (Å²) in [6, 6.07) is 11.6. The normalized spacial score (nSPS) is 27.7. The first-order chi connectivity index (χ1) is 31.2. The summed E-state index contributed by atoms with van der Waals surface area (Å²) in [7, 11) is -2.39. The maximum Gasteiger partial charge on any atom is 0.307 e. The molecule has 1 aromatic heterocycles. The van der Waals surface area contributed by atoms with Gasteiger partial charge < -0.3 is 28.6 Å². The van der Waals surface area contributed by atoms with E-state index in [1.54, 1.807) is 25.3 Å². The van der Waals surface area contributed by atoms with Crippen LogP contribution in [0.25, 0.3) is 22.0 Å². The Labute approximate surface area is 384 Å². The minimum atomic E-state index is -3.94. The molecule has 8 rings (SSSR count). The van der Waals surface area contributed by atoms with Gasteiger partial charge in [0.2, 0.25) is 27.7 Å². The Morgan fingerprint density at radius 2 is 1.73 bits per heavy atom. The number of ketones is 1. The Balaban J connectivity index is 1.16. The van der Waals surface area contributed by atoms with Gasteiger partial charge in [0.25, 0.3) is 5.92 Å². The largest absolute Gasteiger partial charge is 0.497 e. The topological polar surface area (TPSA) is 177 Å². The number of pyridine rings is 1. The van der Waals surface area contributed by atoms with Crippen LogP contribution >= 0.6 is 0 Å². The number of esters is 1. The molecule has 0 bridgehead atoms. The molecule has 356 valence electrons. The fourth-order valence-electron chi connectivity index (χ4n) is 9.51. The lowest BCUT2D eigenvalue weighted by Crippen LogP contribution is -2.48. The molecule has 4 heterocycles. The summed E-state index contributed by atoms with van der Waals surface area (Å²) in [6.07, 6.45) is 5.06. The highest BCUT2D eigenvalue weighted by molar-refractivity contribution is 7.90. The van der Waals surface area contributed by atoms with Gasteiger partial charge in [-0.25, -0.2) is 22.2 Å². The summed E-state index contributed by atoms with van der Waals surface area (Å²) in [5.41, 5.74) is -2.29. The summed E-state index contributed by atoms with van der Waals surface area (Å²) in [5.74, 6) is -6.05. The number of alkyl halides is 2. The van der Waals surface area contributed by atoms with E-state index in [0.717, 1.165) is 19.2 Å². The van der Waals surface area contributed by atoms with Gasteiger partial charge in [-0.05, 0) is 118 Å². The number of hydrogen-bond acceptors (Lipinski definition) is 12. The maximum atomic E-state index is 15.2. The van der Waals surface area contributed by atoms with Crippen molar-refractivity contribution in [3.63, 3.8) is 0 Å². The van der Waals surface area contributed by atoms with Crippen molar-refractivity contribution < 1.29 is 60.1 Å². The lowest BCUT2D eigenvalue weighted by atomic mass is 9.82. The molecular weight excluding hydrogens is 877 g/mol. The van der Waals surface area contributed by atoms with E-state index < -0.39 is 92.1 Å². The number of allylic oxidation sites excluding steroid dienone is 2. The number of carbonyl (C=O) groups excluding carboxylic acids is 4. The van der Waals surface area contributed by atoms with Crippen LogP contribution in [0.2, 0.25) is 0 Å². The van der Waals surface area contributed by atoms with Gasteiger partial charge in [-0.2, -0.15) is 0 Å². The Hall–Kier alpha value is -5.32. The molecule has 3 aromatic rings. The van der Waals surface area contributed by atoms with E-state index in [-0.39, 0.29) is 37.6 Å². The first kappa shape index (κ1) is 47.2. The highest BCUT2D eigenvalue weighted by atomic mass is 32.2. The average Bonchev–Trinajstić information content (AvgIpc) is 4.19. The summed E-state index contributed by atoms with van der Waals surface area (Å²) < 4.78 is 86.8. The number of nitrogens with one attached hydrogen (secondary N) is 1. The molecule has 17 heteroatoms. The predicted molar refractivity (Wildman–Crippen MR) is 240 cm³/mol. The van der Waals surface area contributed by atoms with E-state index in [2.05, 4.69) is 4.72 Å². The molecule has 2 aliphatic carbocycles. The van der Waals surface area contributed by atoms with Gasteiger partial charge in [0.15, 0.2) is 22.9 Å². The Morgan fingerprint density at radius 3 is 2.44 bits per heavy atom. The summed E-state index contributed by atoms with van der Waals surface area (Å²) >= 11 is 0. The van der Waals surface area contributed by atoms with Crippen LogP contribution in [0.5, 0.6) is 23.1 Å². The van der Waals surface area contributed by atoms with Crippen molar-refractivity contribution in [2.45, 2.75) is 121 Å². The summed E-state index contributed by atoms with van der Waals surface area (Å²) in [5, 5.41) is 0.690. The molecule has 1 unspecified atom stereocenters. The molecule has 14 nitrogen and oxygen atoms in total. The highest BCUT2D eigenvalue weighted by Gasteiger charge is 2.62. The van der Waals surface area contributed by atoms with Crippen LogP contribution in [-0.4, -0.2) is 97.7 Å². The fraction of sp³-hybridized carbons (Fsp3) is 0.571. The van der Waals surface area contributed by atoms with Gasteiger partial charge in [-0.3, -0.25) is 23.9 Å². The third-order valence-corrected chi connectivity index (χ3v) is 15.9. The van der Waals surface area contributed by atoms with Crippen molar-refractivity contribution in [1.29, 1.82) is 0 Å². The molecule has 2 amide bonds. The number of benzene rings is 2. The van der Waals surface area contributed by atoms with E-state index in [9.17, 15) is 31.6 Å². The summed E-state index contributed by atoms with van der Waals surface area (Å²) in [6.45, 7) is 7.45. The number of hydrogen-bond donors (Lipinski definition) is 1. The zero-order chi connectivity index (χ0) is 47.3. The van der Waals surface area contributed by atoms with Crippen molar-refractivity contribution in [3.05, 3.63) is 54.6 Å².